The van der Waals surface area contributed by atoms with E-state index >= 15 is 0 Å². The van der Waals surface area contributed by atoms with Crippen molar-refractivity contribution in [1.82, 2.24) is 4.90 Å². The maximum atomic E-state index is 13.2. The predicted molar refractivity (Wildman–Crippen MR) is 128 cm³/mol. The Labute approximate surface area is 200 Å². The Hall–Kier alpha value is -3.70. The summed E-state index contributed by atoms with van der Waals surface area (Å²) >= 11 is 0. The van der Waals surface area contributed by atoms with Gasteiger partial charge in [-0.15, -0.1) is 0 Å². The molecule has 0 heterocycles. The van der Waals surface area contributed by atoms with Gasteiger partial charge in [-0.1, -0.05) is 44.2 Å². The summed E-state index contributed by atoms with van der Waals surface area (Å²) in [6.45, 7) is 7.81. The van der Waals surface area contributed by atoms with Gasteiger partial charge in [0, 0.05) is 0 Å². The van der Waals surface area contributed by atoms with Crippen LogP contribution in [0.25, 0.3) is 0 Å². The number of carbonyl (C=O) groups is 3. The molecule has 0 aliphatic heterocycles. The van der Waals surface area contributed by atoms with Gasteiger partial charge in [0.15, 0.2) is 0 Å². The maximum absolute atomic E-state index is 13.2. The van der Waals surface area contributed by atoms with E-state index in [0.29, 0.717) is 29.8 Å². The number of hydrogen-bond acceptors (Lipinski definition) is 7. The van der Waals surface area contributed by atoms with Crippen LogP contribution < -0.4 is 5.32 Å². The van der Waals surface area contributed by atoms with E-state index in [-0.39, 0.29) is 31.2 Å². The van der Waals surface area contributed by atoms with Gasteiger partial charge in [-0.05, 0) is 50.1 Å². The van der Waals surface area contributed by atoms with Crippen LogP contribution >= 0.6 is 0 Å². The van der Waals surface area contributed by atoms with E-state index in [9.17, 15) is 19.6 Å². The summed E-state index contributed by atoms with van der Waals surface area (Å²) in [6, 6.07) is 13.7. The third-order valence-electron chi connectivity index (χ3n) is 5.32. The van der Waals surface area contributed by atoms with Crippen molar-refractivity contribution in [3.8, 4) is 6.07 Å². The molecule has 0 bridgehead atoms. The van der Waals surface area contributed by atoms with E-state index in [2.05, 4.69) is 5.32 Å². The van der Waals surface area contributed by atoms with Crippen LogP contribution in [-0.2, 0) is 25.7 Å². The first-order valence-electron chi connectivity index (χ1n) is 11.3. The highest BCUT2D eigenvalue weighted by Gasteiger charge is 2.27. The fourth-order valence-electron chi connectivity index (χ4n) is 3.60. The van der Waals surface area contributed by atoms with Crippen LogP contribution in [0.3, 0.4) is 0 Å². The van der Waals surface area contributed by atoms with Crippen LogP contribution in [0.15, 0.2) is 42.5 Å². The molecule has 0 aliphatic carbocycles. The van der Waals surface area contributed by atoms with Gasteiger partial charge < -0.3 is 14.8 Å². The molecule has 0 saturated heterocycles. The Kier molecular flexibility index (Phi) is 10.2. The Bertz CT molecular complexity index is 1050. The molecule has 0 radical (unpaired) electrons. The molecule has 1 atom stereocenters. The number of nitrogens with one attached hydrogen (secondary N) is 1. The van der Waals surface area contributed by atoms with Gasteiger partial charge >= 0.3 is 11.9 Å². The highest BCUT2D eigenvalue weighted by molar-refractivity contribution is 6.04. The van der Waals surface area contributed by atoms with E-state index in [0.717, 1.165) is 5.56 Å². The standard InChI is InChI=1S/C26H31N3O5/c1-5-22(29(6-2)16-23(30)34-17-19-11-9-8-10-12-19)25(31)28-24-18(4)13-20(15-27)14-21(24)26(32)33-7-3/h8-14,22H,5-7,16-17H2,1-4H3,(H,28,31). The van der Waals surface area contributed by atoms with E-state index in [4.69, 9.17) is 9.47 Å². The number of amides is 1. The number of ether oxygens (including phenoxy) is 2. The van der Waals surface area contributed by atoms with E-state index in [1.54, 1.807) is 24.8 Å². The van der Waals surface area contributed by atoms with Crippen LogP contribution in [0.5, 0.6) is 0 Å². The Balaban J connectivity index is 2.16. The lowest BCUT2D eigenvalue weighted by atomic mass is 10.0. The van der Waals surface area contributed by atoms with E-state index in [1.807, 2.05) is 50.2 Å². The Morgan fingerprint density at radius 1 is 1.09 bits per heavy atom. The summed E-state index contributed by atoms with van der Waals surface area (Å²) in [7, 11) is 0. The molecule has 180 valence electrons. The molecule has 8 heteroatoms. The quantitative estimate of drug-likeness (QED) is 0.503. The van der Waals surface area contributed by atoms with Crippen LogP contribution in [0, 0.1) is 18.3 Å². The summed E-state index contributed by atoms with van der Waals surface area (Å²) in [5, 5.41) is 12.1. The molecule has 2 aromatic rings. The van der Waals surface area contributed by atoms with Crippen molar-refractivity contribution in [1.29, 1.82) is 5.26 Å². The van der Waals surface area contributed by atoms with Crippen LogP contribution in [0.2, 0.25) is 0 Å². The van der Waals surface area contributed by atoms with Gasteiger partial charge in [0.1, 0.15) is 6.61 Å². The minimum absolute atomic E-state index is 0.0493. The lowest BCUT2D eigenvalue weighted by Crippen LogP contribution is -2.46. The first-order valence-corrected chi connectivity index (χ1v) is 11.3. The van der Waals surface area contributed by atoms with Crippen molar-refractivity contribution < 1.29 is 23.9 Å². The van der Waals surface area contributed by atoms with Gasteiger partial charge in [-0.2, -0.15) is 5.26 Å². The number of carbonyl (C=O) groups excluding carboxylic acids is 3. The zero-order valence-corrected chi connectivity index (χ0v) is 20.1. The minimum Gasteiger partial charge on any atom is -0.462 e. The summed E-state index contributed by atoms with van der Waals surface area (Å²) < 4.78 is 10.5. The first kappa shape index (κ1) is 26.6. The number of hydrogen-bond donors (Lipinski definition) is 1. The molecular formula is C26H31N3O5. The van der Waals surface area contributed by atoms with E-state index in [1.165, 1.54) is 6.07 Å². The zero-order chi connectivity index (χ0) is 25.1. The first-order chi connectivity index (χ1) is 16.3. The molecule has 0 aliphatic rings. The topological polar surface area (TPSA) is 109 Å². The van der Waals surface area contributed by atoms with Crippen molar-refractivity contribution in [3.05, 3.63) is 64.7 Å². The highest BCUT2D eigenvalue weighted by atomic mass is 16.5. The largest absolute Gasteiger partial charge is 0.462 e. The zero-order valence-electron chi connectivity index (χ0n) is 20.1. The second-order valence-corrected chi connectivity index (χ2v) is 7.67. The molecule has 0 spiro atoms. The molecule has 0 fully saturated rings. The molecule has 1 unspecified atom stereocenters. The number of benzene rings is 2. The van der Waals surface area contributed by atoms with Gasteiger partial charge in [-0.25, -0.2) is 4.79 Å². The van der Waals surface area contributed by atoms with Crippen molar-refractivity contribution in [3.63, 3.8) is 0 Å². The number of anilines is 1. The summed E-state index contributed by atoms with van der Waals surface area (Å²) in [6.07, 6.45) is 0.440. The van der Waals surface area contributed by atoms with Gasteiger partial charge in [-0.3, -0.25) is 14.5 Å². The average molecular weight is 466 g/mol. The summed E-state index contributed by atoms with van der Waals surface area (Å²) in [5.74, 6) is -1.42. The second-order valence-electron chi connectivity index (χ2n) is 7.67. The normalized spacial score (nSPS) is 11.4. The predicted octanol–water partition coefficient (Wildman–Crippen LogP) is 3.83. The number of likely N-dealkylation sites (N-methyl/N-ethyl adjacent to an activating group) is 1. The number of nitrogens with zero attached hydrogens (tertiary/aromatic N) is 2. The number of nitriles is 1. The molecule has 2 rings (SSSR count). The molecule has 1 N–H and O–H groups in total. The molecule has 2 aromatic carbocycles. The monoisotopic (exact) mass is 465 g/mol. The number of esters is 2. The molecule has 1 amide bonds. The molecule has 0 saturated carbocycles. The molecular weight excluding hydrogens is 434 g/mol. The molecule has 34 heavy (non-hydrogen) atoms. The molecule has 0 aromatic heterocycles. The van der Waals surface area contributed by atoms with Crippen LogP contribution in [0.1, 0.15) is 54.2 Å². The lowest BCUT2D eigenvalue weighted by molar-refractivity contribution is -0.147. The Morgan fingerprint density at radius 2 is 1.79 bits per heavy atom. The Morgan fingerprint density at radius 3 is 2.38 bits per heavy atom. The number of rotatable bonds is 11. The molecule has 8 nitrogen and oxygen atoms in total. The fraction of sp³-hybridized carbons (Fsp3) is 0.385. The van der Waals surface area contributed by atoms with Gasteiger partial charge in [0.25, 0.3) is 0 Å². The van der Waals surface area contributed by atoms with Crippen LogP contribution in [-0.4, -0.2) is 48.5 Å². The van der Waals surface area contributed by atoms with Crippen molar-refractivity contribution in [2.45, 2.75) is 46.8 Å². The third-order valence-corrected chi connectivity index (χ3v) is 5.32. The average Bonchev–Trinajstić information content (AvgIpc) is 2.84. The van der Waals surface area contributed by atoms with Gasteiger partial charge in [0.05, 0.1) is 42.1 Å². The van der Waals surface area contributed by atoms with Crippen molar-refractivity contribution >= 4 is 23.5 Å². The van der Waals surface area contributed by atoms with E-state index < -0.39 is 18.0 Å². The van der Waals surface area contributed by atoms with Crippen molar-refractivity contribution in [2.24, 2.45) is 0 Å². The third kappa shape index (κ3) is 7.15. The lowest BCUT2D eigenvalue weighted by Gasteiger charge is -2.28. The number of aryl methyl sites for hydroxylation is 1. The highest BCUT2D eigenvalue weighted by Crippen LogP contribution is 2.25. The smallest absolute Gasteiger partial charge is 0.340 e. The second kappa shape index (κ2) is 13.1. The SMILES string of the molecule is CCOC(=O)c1cc(C#N)cc(C)c1NC(=O)C(CC)N(CC)CC(=O)OCc1ccccc1. The fourth-order valence-corrected chi connectivity index (χ4v) is 3.60. The van der Waals surface area contributed by atoms with Gasteiger partial charge in [0.2, 0.25) is 5.91 Å². The minimum atomic E-state index is -0.626. The van der Waals surface area contributed by atoms with Crippen LogP contribution in [0.4, 0.5) is 5.69 Å². The van der Waals surface area contributed by atoms with Crippen molar-refractivity contribution in [2.75, 3.05) is 25.0 Å². The maximum Gasteiger partial charge on any atom is 0.340 e. The summed E-state index contributed by atoms with van der Waals surface area (Å²) in [5.41, 5.74) is 2.15. The summed E-state index contributed by atoms with van der Waals surface area (Å²) in [4.78, 5) is 39.9.